The van der Waals surface area contributed by atoms with Gasteiger partial charge in [-0.05, 0) is 56.6 Å². The molecule has 0 atom stereocenters. The van der Waals surface area contributed by atoms with Crippen LogP contribution in [0.5, 0.6) is 0 Å². The molecule has 2 fully saturated rings. The molecule has 1 saturated carbocycles. The van der Waals surface area contributed by atoms with Crippen molar-refractivity contribution in [3.63, 3.8) is 0 Å². The maximum Gasteiger partial charge on any atom is 0.0469 e. The summed E-state index contributed by atoms with van der Waals surface area (Å²) in [6.45, 7) is 5.30. The molecule has 1 N–H and O–H groups in total. The smallest absolute Gasteiger partial charge is 0.0469 e. The lowest BCUT2D eigenvalue weighted by Crippen LogP contribution is -2.43. The van der Waals surface area contributed by atoms with E-state index in [1.807, 2.05) is 0 Å². The van der Waals surface area contributed by atoms with E-state index < -0.39 is 0 Å². The molecule has 0 amide bonds. The molecule has 0 bridgehead atoms. The summed E-state index contributed by atoms with van der Waals surface area (Å²) >= 11 is 0. The fourth-order valence-electron chi connectivity index (χ4n) is 3.26. The fraction of sp³-hybridized carbons (Fsp3) is 0.647. The van der Waals surface area contributed by atoms with E-state index in [0.29, 0.717) is 0 Å². The number of benzene rings is 1. The summed E-state index contributed by atoms with van der Waals surface area (Å²) in [4.78, 5) is 0. The normalized spacial score (nSPS) is 28.1. The Kier molecular flexibility index (Phi) is 4.19. The van der Waals surface area contributed by atoms with Gasteiger partial charge in [0.25, 0.3) is 0 Å². The Hall–Kier alpha value is -0.860. The van der Waals surface area contributed by atoms with Crippen LogP contribution in [-0.4, -0.2) is 25.8 Å². The molecule has 2 aliphatic rings. The molecule has 1 aliphatic heterocycles. The van der Waals surface area contributed by atoms with Crippen LogP contribution >= 0.6 is 0 Å². The lowest BCUT2D eigenvalue weighted by Gasteiger charge is -2.37. The van der Waals surface area contributed by atoms with E-state index in [1.54, 1.807) is 0 Å². The lowest BCUT2D eigenvalue weighted by atomic mass is 9.75. The van der Waals surface area contributed by atoms with Gasteiger partial charge in [-0.15, -0.1) is 0 Å². The Balaban J connectivity index is 1.40. The van der Waals surface area contributed by atoms with Crippen molar-refractivity contribution >= 4 is 0 Å². The molecular formula is C17H25NO. The summed E-state index contributed by atoms with van der Waals surface area (Å²) < 4.78 is 5.41. The lowest BCUT2D eigenvalue weighted by molar-refractivity contribution is 0.0640. The van der Waals surface area contributed by atoms with Gasteiger partial charge in [0, 0.05) is 19.3 Å². The molecule has 1 aliphatic carbocycles. The van der Waals surface area contributed by atoms with Crippen molar-refractivity contribution < 1.29 is 4.74 Å². The second-order valence-electron chi connectivity index (χ2n) is 6.24. The Morgan fingerprint density at radius 3 is 2.74 bits per heavy atom. The van der Waals surface area contributed by atoms with Crippen LogP contribution in [0.4, 0.5) is 0 Å². The number of ether oxygens (including phenoxy) is 1. The highest BCUT2D eigenvalue weighted by molar-refractivity contribution is 5.27. The first kappa shape index (κ1) is 13.1. The largest absolute Gasteiger partial charge is 0.381 e. The van der Waals surface area contributed by atoms with Gasteiger partial charge in [-0.3, -0.25) is 0 Å². The minimum atomic E-state index is 0.744. The number of hydrogen-bond acceptors (Lipinski definition) is 2. The molecule has 0 aromatic heterocycles. The first-order valence-electron chi connectivity index (χ1n) is 7.69. The van der Waals surface area contributed by atoms with Gasteiger partial charge in [0.15, 0.2) is 0 Å². The summed E-state index contributed by atoms with van der Waals surface area (Å²) in [5, 5.41) is 3.75. The standard InChI is InChI=1S/C17H25NO/c1-13-3-2-4-15(9-13)16-10-17(11-16)18-12-14-5-7-19-8-6-14/h2-4,9,14,16-18H,5-8,10-12H2,1H3. The predicted molar refractivity (Wildman–Crippen MR) is 78.5 cm³/mol. The van der Waals surface area contributed by atoms with Gasteiger partial charge >= 0.3 is 0 Å². The van der Waals surface area contributed by atoms with Gasteiger partial charge in [-0.2, -0.15) is 0 Å². The van der Waals surface area contributed by atoms with E-state index in [-0.39, 0.29) is 0 Å². The first-order chi connectivity index (χ1) is 9.31. The van der Waals surface area contributed by atoms with Crippen LogP contribution in [0.15, 0.2) is 24.3 Å². The van der Waals surface area contributed by atoms with Gasteiger partial charge < -0.3 is 10.1 Å². The van der Waals surface area contributed by atoms with Gasteiger partial charge in [0.1, 0.15) is 0 Å². The van der Waals surface area contributed by atoms with Crippen molar-refractivity contribution in [1.82, 2.24) is 5.32 Å². The van der Waals surface area contributed by atoms with Crippen molar-refractivity contribution in [2.75, 3.05) is 19.8 Å². The minimum absolute atomic E-state index is 0.744. The molecule has 19 heavy (non-hydrogen) atoms. The third kappa shape index (κ3) is 3.37. The van der Waals surface area contributed by atoms with E-state index in [2.05, 4.69) is 36.5 Å². The molecule has 1 heterocycles. The highest BCUT2D eigenvalue weighted by Crippen LogP contribution is 2.37. The predicted octanol–water partition coefficient (Wildman–Crippen LogP) is 3.26. The van der Waals surface area contributed by atoms with Crippen LogP contribution in [0.25, 0.3) is 0 Å². The second kappa shape index (κ2) is 6.06. The molecule has 0 radical (unpaired) electrons. The maximum absolute atomic E-state index is 5.41. The summed E-state index contributed by atoms with van der Waals surface area (Å²) in [6.07, 6.45) is 5.10. The molecule has 1 aromatic carbocycles. The van der Waals surface area contributed by atoms with E-state index >= 15 is 0 Å². The molecule has 0 unspecified atom stereocenters. The topological polar surface area (TPSA) is 21.3 Å². The number of aryl methyl sites for hydroxylation is 1. The van der Waals surface area contributed by atoms with E-state index in [9.17, 15) is 0 Å². The number of nitrogens with one attached hydrogen (secondary N) is 1. The fourth-order valence-corrected chi connectivity index (χ4v) is 3.26. The van der Waals surface area contributed by atoms with Crippen molar-refractivity contribution in [1.29, 1.82) is 0 Å². The Bertz CT molecular complexity index is 405. The van der Waals surface area contributed by atoms with Crippen molar-refractivity contribution in [3.05, 3.63) is 35.4 Å². The molecule has 2 heteroatoms. The van der Waals surface area contributed by atoms with Crippen LogP contribution in [0.2, 0.25) is 0 Å². The summed E-state index contributed by atoms with van der Waals surface area (Å²) in [7, 11) is 0. The Morgan fingerprint density at radius 2 is 2.00 bits per heavy atom. The van der Waals surface area contributed by atoms with Gasteiger partial charge in [-0.25, -0.2) is 0 Å². The molecule has 104 valence electrons. The van der Waals surface area contributed by atoms with Crippen LogP contribution in [-0.2, 0) is 4.74 Å². The van der Waals surface area contributed by atoms with Crippen LogP contribution in [0.1, 0.15) is 42.7 Å². The third-order valence-corrected chi connectivity index (χ3v) is 4.69. The molecule has 1 aromatic rings. The maximum atomic E-state index is 5.41. The van der Waals surface area contributed by atoms with E-state index in [0.717, 1.165) is 31.1 Å². The molecule has 1 saturated heterocycles. The first-order valence-corrected chi connectivity index (χ1v) is 7.69. The summed E-state index contributed by atoms with van der Waals surface area (Å²) in [5.41, 5.74) is 2.92. The zero-order valence-corrected chi connectivity index (χ0v) is 11.9. The van der Waals surface area contributed by atoms with E-state index in [4.69, 9.17) is 4.74 Å². The average molecular weight is 259 g/mol. The average Bonchev–Trinajstić information content (AvgIpc) is 2.38. The van der Waals surface area contributed by atoms with Crippen LogP contribution in [0.3, 0.4) is 0 Å². The summed E-state index contributed by atoms with van der Waals surface area (Å²) in [5.74, 6) is 1.62. The zero-order valence-electron chi connectivity index (χ0n) is 11.9. The van der Waals surface area contributed by atoms with Crippen LogP contribution in [0, 0.1) is 12.8 Å². The monoisotopic (exact) mass is 259 g/mol. The third-order valence-electron chi connectivity index (χ3n) is 4.69. The highest BCUT2D eigenvalue weighted by Gasteiger charge is 2.30. The second-order valence-corrected chi connectivity index (χ2v) is 6.24. The van der Waals surface area contributed by atoms with Crippen molar-refractivity contribution in [3.8, 4) is 0 Å². The quantitative estimate of drug-likeness (QED) is 0.896. The SMILES string of the molecule is Cc1cccc(C2CC(NCC3CCOCC3)C2)c1. The Labute approximate surface area is 116 Å². The van der Waals surface area contributed by atoms with Gasteiger partial charge in [0.2, 0.25) is 0 Å². The molecule has 0 spiro atoms. The molecule has 3 rings (SSSR count). The van der Waals surface area contributed by atoms with Crippen molar-refractivity contribution in [2.45, 2.75) is 44.6 Å². The molecular weight excluding hydrogens is 234 g/mol. The molecule has 2 nitrogen and oxygen atoms in total. The highest BCUT2D eigenvalue weighted by atomic mass is 16.5. The van der Waals surface area contributed by atoms with Gasteiger partial charge in [0.05, 0.1) is 0 Å². The zero-order chi connectivity index (χ0) is 13.1. The minimum Gasteiger partial charge on any atom is -0.381 e. The van der Waals surface area contributed by atoms with E-state index in [1.165, 1.54) is 43.4 Å². The summed E-state index contributed by atoms with van der Waals surface area (Å²) in [6, 6.07) is 9.75. The number of hydrogen-bond donors (Lipinski definition) is 1. The van der Waals surface area contributed by atoms with Crippen LogP contribution < -0.4 is 5.32 Å². The van der Waals surface area contributed by atoms with Gasteiger partial charge in [-0.1, -0.05) is 29.8 Å². The number of rotatable bonds is 4. The van der Waals surface area contributed by atoms with Crippen molar-refractivity contribution in [2.24, 2.45) is 5.92 Å². The Morgan fingerprint density at radius 1 is 1.21 bits per heavy atom.